The molecule has 0 N–H and O–H groups in total. The molecule has 0 aromatic rings. The Labute approximate surface area is 69.6 Å². The molecule has 0 unspecified atom stereocenters. The summed E-state index contributed by atoms with van der Waals surface area (Å²) < 4.78 is 0. The van der Waals surface area contributed by atoms with Gasteiger partial charge in [-0.25, -0.2) is 6.57 Å². The Morgan fingerprint density at radius 2 is 2.09 bits per heavy atom. The lowest BCUT2D eigenvalue weighted by Crippen LogP contribution is -2.20. The van der Waals surface area contributed by atoms with Crippen LogP contribution in [0.1, 0.15) is 39.5 Å². The second kappa shape index (κ2) is 3.76. The van der Waals surface area contributed by atoms with E-state index in [0.717, 1.165) is 24.7 Å². The standard InChI is InChI=1S/C10H17N/c1-8(2)9-5-4-6-10(7-9)11-3/h8-10H,4-7H2,1-2H3/t9-,10+/m1/s1. The van der Waals surface area contributed by atoms with E-state index in [4.69, 9.17) is 6.57 Å². The van der Waals surface area contributed by atoms with Crippen molar-refractivity contribution < 1.29 is 0 Å². The van der Waals surface area contributed by atoms with Gasteiger partial charge in [0.1, 0.15) is 0 Å². The van der Waals surface area contributed by atoms with Gasteiger partial charge in [0, 0.05) is 12.8 Å². The molecule has 0 heterocycles. The fourth-order valence-electron chi connectivity index (χ4n) is 1.92. The average Bonchev–Trinajstić information content (AvgIpc) is 2.05. The topological polar surface area (TPSA) is 4.36 Å². The molecule has 11 heavy (non-hydrogen) atoms. The molecular weight excluding hydrogens is 134 g/mol. The second-order valence-corrected chi connectivity index (χ2v) is 3.95. The van der Waals surface area contributed by atoms with E-state index >= 15 is 0 Å². The molecule has 0 aliphatic heterocycles. The molecule has 0 saturated heterocycles. The first-order chi connectivity index (χ1) is 5.24. The minimum Gasteiger partial charge on any atom is -0.314 e. The van der Waals surface area contributed by atoms with Crippen LogP contribution in [-0.4, -0.2) is 6.04 Å². The molecule has 1 aliphatic rings. The smallest absolute Gasteiger partial charge is 0.224 e. The fraction of sp³-hybridized carbons (Fsp3) is 0.900. The summed E-state index contributed by atoms with van der Waals surface area (Å²) in [6.45, 7) is 11.5. The van der Waals surface area contributed by atoms with Gasteiger partial charge < -0.3 is 4.85 Å². The predicted molar refractivity (Wildman–Crippen MR) is 47.2 cm³/mol. The summed E-state index contributed by atoms with van der Waals surface area (Å²) in [5.41, 5.74) is 0. The number of rotatable bonds is 1. The van der Waals surface area contributed by atoms with Gasteiger partial charge in [0.05, 0.1) is 0 Å². The average molecular weight is 151 g/mol. The first-order valence-electron chi connectivity index (χ1n) is 4.60. The molecule has 1 heteroatoms. The van der Waals surface area contributed by atoms with Crippen molar-refractivity contribution in [3.8, 4) is 0 Å². The summed E-state index contributed by atoms with van der Waals surface area (Å²) in [6.07, 6.45) is 4.92. The quantitative estimate of drug-likeness (QED) is 0.507. The van der Waals surface area contributed by atoms with Crippen LogP contribution < -0.4 is 0 Å². The van der Waals surface area contributed by atoms with Gasteiger partial charge in [0.25, 0.3) is 0 Å². The van der Waals surface area contributed by atoms with Crippen LogP contribution in [0.25, 0.3) is 4.85 Å². The molecule has 0 aromatic carbocycles. The molecule has 2 atom stereocenters. The third kappa shape index (κ3) is 2.22. The monoisotopic (exact) mass is 151 g/mol. The highest BCUT2D eigenvalue weighted by Gasteiger charge is 2.26. The zero-order chi connectivity index (χ0) is 8.27. The molecule has 0 amide bonds. The van der Waals surface area contributed by atoms with Crippen molar-refractivity contribution >= 4 is 0 Å². The maximum Gasteiger partial charge on any atom is 0.224 e. The van der Waals surface area contributed by atoms with E-state index in [9.17, 15) is 0 Å². The lowest BCUT2D eigenvalue weighted by Gasteiger charge is -2.25. The van der Waals surface area contributed by atoms with Crippen molar-refractivity contribution in [1.82, 2.24) is 0 Å². The summed E-state index contributed by atoms with van der Waals surface area (Å²) >= 11 is 0. The van der Waals surface area contributed by atoms with E-state index in [-0.39, 0.29) is 0 Å². The summed E-state index contributed by atoms with van der Waals surface area (Å²) in [6, 6.07) is 0.344. The van der Waals surface area contributed by atoms with E-state index in [1.807, 2.05) is 0 Å². The largest absolute Gasteiger partial charge is 0.314 e. The van der Waals surface area contributed by atoms with Gasteiger partial charge in [-0.05, 0) is 24.7 Å². The Bertz CT molecular complexity index is 155. The van der Waals surface area contributed by atoms with Crippen molar-refractivity contribution in [2.45, 2.75) is 45.6 Å². The van der Waals surface area contributed by atoms with Gasteiger partial charge in [0.15, 0.2) is 0 Å². The third-order valence-corrected chi connectivity index (χ3v) is 2.81. The summed E-state index contributed by atoms with van der Waals surface area (Å²) in [5, 5.41) is 0. The van der Waals surface area contributed by atoms with Crippen molar-refractivity contribution in [3.05, 3.63) is 11.4 Å². The Morgan fingerprint density at radius 1 is 1.36 bits per heavy atom. The van der Waals surface area contributed by atoms with Crippen LogP contribution in [0, 0.1) is 18.4 Å². The predicted octanol–water partition coefficient (Wildman–Crippen LogP) is 3.12. The van der Waals surface area contributed by atoms with E-state index in [2.05, 4.69) is 18.7 Å². The van der Waals surface area contributed by atoms with Crippen LogP contribution >= 0.6 is 0 Å². The van der Waals surface area contributed by atoms with Gasteiger partial charge >= 0.3 is 0 Å². The van der Waals surface area contributed by atoms with E-state index in [1.54, 1.807) is 0 Å². The molecule has 0 spiro atoms. The molecule has 1 saturated carbocycles. The summed E-state index contributed by atoms with van der Waals surface area (Å²) in [4.78, 5) is 3.63. The number of hydrogen-bond acceptors (Lipinski definition) is 0. The molecule has 1 aliphatic carbocycles. The Morgan fingerprint density at radius 3 is 2.64 bits per heavy atom. The molecule has 1 rings (SSSR count). The molecule has 62 valence electrons. The molecule has 0 aromatic heterocycles. The van der Waals surface area contributed by atoms with Crippen LogP contribution in [0.15, 0.2) is 0 Å². The maximum absolute atomic E-state index is 6.95. The molecule has 0 bridgehead atoms. The maximum atomic E-state index is 6.95. The van der Waals surface area contributed by atoms with Crippen LogP contribution in [-0.2, 0) is 0 Å². The Kier molecular flexibility index (Phi) is 2.93. The second-order valence-electron chi connectivity index (χ2n) is 3.95. The summed E-state index contributed by atoms with van der Waals surface area (Å²) in [7, 11) is 0. The fourth-order valence-corrected chi connectivity index (χ4v) is 1.92. The van der Waals surface area contributed by atoms with E-state index < -0.39 is 0 Å². The molecule has 0 radical (unpaired) electrons. The van der Waals surface area contributed by atoms with Crippen molar-refractivity contribution in [2.75, 3.05) is 0 Å². The molecular formula is C10H17N. The van der Waals surface area contributed by atoms with E-state index in [0.29, 0.717) is 6.04 Å². The first kappa shape index (κ1) is 8.59. The SMILES string of the molecule is [C-]#[N+][C@H]1CCC[C@@H](C(C)C)C1. The van der Waals surface area contributed by atoms with Gasteiger partial charge in [-0.1, -0.05) is 13.8 Å². The normalized spacial score (nSPS) is 31.8. The van der Waals surface area contributed by atoms with Crippen molar-refractivity contribution in [1.29, 1.82) is 0 Å². The van der Waals surface area contributed by atoms with Crippen molar-refractivity contribution in [2.24, 2.45) is 11.8 Å². The van der Waals surface area contributed by atoms with Crippen LogP contribution in [0.5, 0.6) is 0 Å². The zero-order valence-corrected chi connectivity index (χ0v) is 7.51. The van der Waals surface area contributed by atoms with E-state index in [1.165, 1.54) is 12.8 Å². The lowest BCUT2D eigenvalue weighted by molar-refractivity contribution is 0.270. The third-order valence-electron chi connectivity index (χ3n) is 2.81. The zero-order valence-electron chi connectivity index (χ0n) is 7.51. The minimum absolute atomic E-state index is 0.344. The highest BCUT2D eigenvalue weighted by Crippen LogP contribution is 2.31. The summed E-state index contributed by atoms with van der Waals surface area (Å²) in [5.74, 6) is 1.60. The highest BCUT2D eigenvalue weighted by atomic mass is 14.7. The Balaban J connectivity index is 2.41. The Hall–Kier alpha value is -0.510. The van der Waals surface area contributed by atoms with Crippen LogP contribution in [0.2, 0.25) is 0 Å². The molecule has 1 nitrogen and oxygen atoms in total. The highest BCUT2D eigenvalue weighted by molar-refractivity contribution is 4.86. The van der Waals surface area contributed by atoms with Crippen LogP contribution in [0.4, 0.5) is 0 Å². The van der Waals surface area contributed by atoms with Gasteiger partial charge in [-0.3, -0.25) is 0 Å². The molecule has 1 fully saturated rings. The van der Waals surface area contributed by atoms with Crippen LogP contribution in [0.3, 0.4) is 0 Å². The van der Waals surface area contributed by atoms with Gasteiger partial charge in [-0.15, -0.1) is 0 Å². The van der Waals surface area contributed by atoms with Gasteiger partial charge in [-0.2, -0.15) is 0 Å². The number of nitrogens with zero attached hydrogens (tertiary/aromatic N) is 1. The number of hydrogen-bond donors (Lipinski definition) is 0. The van der Waals surface area contributed by atoms with Crippen molar-refractivity contribution in [3.63, 3.8) is 0 Å². The lowest BCUT2D eigenvalue weighted by atomic mass is 9.79. The minimum atomic E-state index is 0.344. The first-order valence-corrected chi connectivity index (χ1v) is 4.60. The van der Waals surface area contributed by atoms with Gasteiger partial charge in [0.2, 0.25) is 6.04 Å².